The molecular formula is C19H28OS2. The lowest BCUT2D eigenvalue weighted by Crippen LogP contribution is -2.35. The number of thioether (sulfide) groups is 2. The Morgan fingerprint density at radius 2 is 1.86 bits per heavy atom. The molecule has 0 heterocycles. The van der Waals surface area contributed by atoms with Crippen molar-refractivity contribution in [1.82, 2.24) is 0 Å². The first-order valence-electron chi connectivity index (χ1n) is 8.31. The highest BCUT2D eigenvalue weighted by atomic mass is 32.2. The Morgan fingerprint density at radius 3 is 2.36 bits per heavy atom. The van der Waals surface area contributed by atoms with Crippen LogP contribution in [0.2, 0.25) is 0 Å². The van der Waals surface area contributed by atoms with Crippen LogP contribution in [0.3, 0.4) is 0 Å². The number of fused-ring (bicyclic) bond motifs is 2. The molecular weight excluding hydrogens is 308 g/mol. The molecule has 0 aromatic heterocycles. The highest BCUT2D eigenvalue weighted by molar-refractivity contribution is 8.17. The number of aliphatic hydroxyl groups excluding tert-OH is 1. The molecule has 2 aliphatic carbocycles. The van der Waals surface area contributed by atoms with Crippen LogP contribution in [0.1, 0.15) is 51.7 Å². The third-order valence-corrected chi connectivity index (χ3v) is 9.84. The standard InChI is InChI=1S/C19H28OS2/c1-18(2)14-10-11-19(18,3)15(12-14)22-17(21-4)16(20)13-8-6-5-7-9-13/h5-9,14-17,20H,10-12H2,1-4H3/t14-,15-,16?,17?,19+/m0/s1. The van der Waals surface area contributed by atoms with Crippen LogP contribution in [-0.2, 0) is 0 Å². The van der Waals surface area contributed by atoms with E-state index in [1.807, 2.05) is 42.1 Å². The zero-order valence-corrected chi connectivity index (χ0v) is 15.7. The number of benzene rings is 1. The highest BCUT2D eigenvalue weighted by Crippen LogP contribution is 2.69. The van der Waals surface area contributed by atoms with E-state index in [1.165, 1.54) is 19.3 Å². The van der Waals surface area contributed by atoms with Gasteiger partial charge in [-0.25, -0.2) is 0 Å². The molecule has 122 valence electrons. The monoisotopic (exact) mass is 336 g/mol. The molecule has 2 unspecified atom stereocenters. The Kier molecular flexibility index (Phi) is 4.61. The molecule has 2 bridgehead atoms. The van der Waals surface area contributed by atoms with Crippen LogP contribution in [0.4, 0.5) is 0 Å². The minimum atomic E-state index is -0.382. The Labute approximate surface area is 143 Å². The van der Waals surface area contributed by atoms with Gasteiger partial charge >= 0.3 is 0 Å². The second kappa shape index (κ2) is 6.07. The molecule has 22 heavy (non-hydrogen) atoms. The first-order chi connectivity index (χ1) is 10.4. The van der Waals surface area contributed by atoms with E-state index >= 15 is 0 Å². The maximum Gasteiger partial charge on any atom is 0.1000 e. The van der Waals surface area contributed by atoms with Crippen molar-refractivity contribution in [1.29, 1.82) is 0 Å². The average molecular weight is 337 g/mol. The fraction of sp³-hybridized carbons (Fsp3) is 0.684. The predicted octanol–water partition coefficient (Wildman–Crippen LogP) is 5.36. The van der Waals surface area contributed by atoms with Gasteiger partial charge in [0.15, 0.2) is 0 Å². The van der Waals surface area contributed by atoms with Crippen molar-refractivity contribution >= 4 is 23.5 Å². The molecule has 0 spiro atoms. The third kappa shape index (κ3) is 2.53. The Bertz CT molecular complexity index is 515. The lowest BCUT2D eigenvalue weighted by molar-refractivity contribution is 0.155. The van der Waals surface area contributed by atoms with Crippen molar-refractivity contribution < 1.29 is 5.11 Å². The molecule has 1 N–H and O–H groups in total. The average Bonchev–Trinajstić information content (AvgIpc) is 2.86. The van der Waals surface area contributed by atoms with E-state index in [1.54, 1.807) is 11.8 Å². The zero-order valence-electron chi connectivity index (χ0n) is 14.1. The maximum atomic E-state index is 10.8. The van der Waals surface area contributed by atoms with E-state index in [4.69, 9.17) is 0 Å². The minimum absolute atomic E-state index is 0.222. The maximum absolute atomic E-state index is 10.8. The fourth-order valence-corrected chi connectivity index (χ4v) is 7.52. The molecule has 3 rings (SSSR count). The SMILES string of the molecule is CSC(S[C@H]1C[C@@H]2CC[C@@]1(C)C2(C)C)C(O)c1ccccc1. The smallest absolute Gasteiger partial charge is 0.1000 e. The summed E-state index contributed by atoms with van der Waals surface area (Å²) in [7, 11) is 0. The third-order valence-electron chi connectivity index (χ3n) is 6.64. The van der Waals surface area contributed by atoms with Crippen LogP contribution >= 0.6 is 23.5 Å². The molecule has 0 radical (unpaired) electrons. The molecule has 1 aromatic carbocycles. The molecule has 2 aliphatic rings. The zero-order chi connectivity index (χ0) is 16.0. The normalized spacial score (nSPS) is 35.5. The van der Waals surface area contributed by atoms with E-state index in [-0.39, 0.29) is 10.7 Å². The first-order valence-corrected chi connectivity index (χ1v) is 10.5. The van der Waals surface area contributed by atoms with E-state index < -0.39 is 0 Å². The molecule has 2 fully saturated rings. The lowest BCUT2D eigenvalue weighted by atomic mass is 9.71. The summed E-state index contributed by atoms with van der Waals surface area (Å²) in [5, 5.41) is 11.5. The highest BCUT2D eigenvalue weighted by Gasteiger charge is 2.61. The summed E-state index contributed by atoms with van der Waals surface area (Å²) in [4.78, 5) is 0. The van der Waals surface area contributed by atoms with E-state index in [0.717, 1.165) is 11.5 Å². The van der Waals surface area contributed by atoms with Gasteiger partial charge in [-0.05, 0) is 47.8 Å². The lowest BCUT2D eigenvalue weighted by Gasteiger charge is -2.40. The van der Waals surface area contributed by atoms with Crippen LogP contribution in [0.25, 0.3) is 0 Å². The Hall–Kier alpha value is -0.120. The van der Waals surface area contributed by atoms with E-state index in [9.17, 15) is 5.11 Å². The first kappa shape index (κ1) is 16.7. The van der Waals surface area contributed by atoms with Crippen molar-refractivity contribution in [2.45, 2.75) is 56.0 Å². The van der Waals surface area contributed by atoms with Crippen molar-refractivity contribution in [3.8, 4) is 0 Å². The summed E-state index contributed by atoms with van der Waals surface area (Å²) in [5.74, 6) is 0.867. The van der Waals surface area contributed by atoms with Crippen LogP contribution < -0.4 is 0 Å². The number of aliphatic hydroxyl groups is 1. The van der Waals surface area contributed by atoms with Gasteiger partial charge in [0.2, 0.25) is 0 Å². The number of rotatable bonds is 5. The van der Waals surface area contributed by atoms with Crippen molar-refractivity contribution in [2.24, 2.45) is 16.7 Å². The topological polar surface area (TPSA) is 20.2 Å². The Morgan fingerprint density at radius 1 is 1.18 bits per heavy atom. The fourth-order valence-electron chi connectivity index (χ4n) is 4.56. The summed E-state index contributed by atoms with van der Waals surface area (Å²) >= 11 is 3.83. The van der Waals surface area contributed by atoms with Crippen LogP contribution in [-0.4, -0.2) is 21.2 Å². The number of hydrogen-bond donors (Lipinski definition) is 1. The van der Waals surface area contributed by atoms with Gasteiger partial charge in [-0.2, -0.15) is 0 Å². The van der Waals surface area contributed by atoms with Gasteiger partial charge in [0.05, 0.1) is 10.7 Å². The van der Waals surface area contributed by atoms with Gasteiger partial charge in [-0.3, -0.25) is 0 Å². The number of hydrogen-bond acceptors (Lipinski definition) is 3. The Balaban J connectivity index is 1.75. The van der Waals surface area contributed by atoms with Crippen LogP contribution in [0.5, 0.6) is 0 Å². The van der Waals surface area contributed by atoms with Gasteiger partial charge in [0.1, 0.15) is 0 Å². The molecule has 3 heteroatoms. The minimum Gasteiger partial charge on any atom is -0.386 e. The summed E-state index contributed by atoms with van der Waals surface area (Å²) in [6.45, 7) is 7.42. The second-order valence-electron chi connectivity index (χ2n) is 7.69. The molecule has 1 nitrogen and oxygen atoms in total. The summed E-state index contributed by atoms with van der Waals surface area (Å²) in [6.07, 6.45) is 5.82. The largest absolute Gasteiger partial charge is 0.386 e. The van der Waals surface area contributed by atoms with E-state index in [0.29, 0.717) is 16.1 Å². The van der Waals surface area contributed by atoms with Gasteiger partial charge < -0.3 is 5.11 Å². The molecule has 0 aliphatic heterocycles. The van der Waals surface area contributed by atoms with E-state index in [2.05, 4.69) is 27.0 Å². The summed E-state index contributed by atoms with van der Waals surface area (Å²) in [5.41, 5.74) is 1.92. The second-order valence-corrected chi connectivity index (χ2v) is 10.3. The van der Waals surface area contributed by atoms with Gasteiger partial charge in [0.25, 0.3) is 0 Å². The van der Waals surface area contributed by atoms with Gasteiger partial charge in [0, 0.05) is 5.25 Å². The predicted molar refractivity (Wildman–Crippen MR) is 99.3 cm³/mol. The van der Waals surface area contributed by atoms with Gasteiger partial charge in [-0.15, -0.1) is 23.5 Å². The van der Waals surface area contributed by atoms with Crippen LogP contribution in [0.15, 0.2) is 30.3 Å². The summed E-state index contributed by atoms with van der Waals surface area (Å²) < 4.78 is 0.222. The van der Waals surface area contributed by atoms with Crippen LogP contribution in [0, 0.1) is 16.7 Å². The quantitative estimate of drug-likeness (QED) is 0.731. The molecule has 5 atom stereocenters. The van der Waals surface area contributed by atoms with Crippen molar-refractivity contribution in [2.75, 3.05) is 6.26 Å². The summed E-state index contributed by atoms with van der Waals surface area (Å²) in [6, 6.07) is 10.1. The molecule has 0 amide bonds. The molecule has 2 saturated carbocycles. The van der Waals surface area contributed by atoms with Crippen molar-refractivity contribution in [3.63, 3.8) is 0 Å². The van der Waals surface area contributed by atoms with Crippen molar-refractivity contribution in [3.05, 3.63) is 35.9 Å². The molecule has 0 saturated heterocycles. The molecule has 1 aromatic rings. The van der Waals surface area contributed by atoms with Gasteiger partial charge in [-0.1, -0.05) is 51.1 Å².